The topological polar surface area (TPSA) is 3.24 Å². The van der Waals surface area contributed by atoms with Gasteiger partial charge in [-0.1, -0.05) is 20.8 Å². The fraction of sp³-hybridized carbons (Fsp3) is 1.00. The van der Waals surface area contributed by atoms with Crippen molar-refractivity contribution in [1.82, 2.24) is 4.90 Å². The number of hydrogen-bond acceptors (Lipinski definition) is 1. The van der Waals surface area contributed by atoms with Gasteiger partial charge in [-0.2, -0.15) is 0 Å². The predicted octanol–water partition coefficient (Wildman–Crippen LogP) is 3.15. The summed E-state index contributed by atoms with van der Waals surface area (Å²) in [7, 11) is 0. The highest BCUT2D eigenvalue weighted by Gasteiger charge is 2.29. The van der Waals surface area contributed by atoms with Crippen molar-refractivity contribution in [2.75, 3.05) is 13.0 Å². The summed E-state index contributed by atoms with van der Waals surface area (Å²) in [4.78, 5) is 1.36. The van der Waals surface area contributed by atoms with Crippen LogP contribution in [0.5, 0.6) is 0 Å². The van der Waals surface area contributed by atoms with Crippen LogP contribution in [0, 0.1) is 11.3 Å². The summed E-state index contributed by atoms with van der Waals surface area (Å²) in [5, 5.41) is 0. The molecule has 0 aromatic carbocycles. The van der Waals surface area contributed by atoms with Crippen LogP contribution < -0.4 is 0 Å². The monoisotopic (exact) mass is 188 g/mol. The van der Waals surface area contributed by atoms with E-state index in [4.69, 9.17) is 6.85 Å². The largest absolute Gasteiger partial charge is 0.301 e. The van der Waals surface area contributed by atoms with Crippen molar-refractivity contribution >= 4 is 0 Å². The third-order valence-electron chi connectivity index (χ3n) is 2.51. The first-order valence-electron chi connectivity index (χ1n) is 7.62. The Labute approximate surface area is 90.5 Å². The molecular weight excluding hydrogens is 158 g/mol. The average Bonchev–Trinajstić information content (AvgIpc) is 2.08. The van der Waals surface area contributed by atoms with Gasteiger partial charge in [-0.25, -0.2) is 0 Å². The van der Waals surface area contributed by atoms with Crippen LogP contribution >= 0.6 is 0 Å². The molecule has 1 saturated heterocycles. The minimum atomic E-state index is -2.11. The Morgan fingerprint density at radius 1 is 1.38 bits per heavy atom. The van der Waals surface area contributed by atoms with E-state index in [2.05, 4.69) is 0 Å². The zero-order valence-corrected chi connectivity index (χ0v) is 9.39. The summed E-state index contributed by atoms with van der Waals surface area (Å²) < 4.78 is 40.9. The molecule has 1 rings (SSSR count). The second-order valence-electron chi connectivity index (χ2n) is 5.09. The zero-order valence-electron chi connectivity index (χ0n) is 14.4. The van der Waals surface area contributed by atoms with Crippen LogP contribution in [0.15, 0.2) is 0 Å². The standard InChI is InChI=1S/C12H25N/c1-10(2)13-8-6-11(7-9-13)12(3,4)5/h10-11H,6-9H2,1-5H3/i6D2,8D2,9D. The maximum absolute atomic E-state index is 8.22. The molecule has 2 atom stereocenters. The molecule has 0 N–H and O–H groups in total. The van der Waals surface area contributed by atoms with Gasteiger partial charge in [0.15, 0.2) is 0 Å². The summed E-state index contributed by atoms with van der Waals surface area (Å²) in [5.74, 6) is -0.461. The summed E-state index contributed by atoms with van der Waals surface area (Å²) in [6, 6.07) is -0.182. The van der Waals surface area contributed by atoms with Gasteiger partial charge in [0, 0.05) is 12.9 Å². The highest BCUT2D eigenvalue weighted by Crippen LogP contribution is 2.34. The lowest BCUT2D eigenvalue weighted by Crippen LogP contribution is -2.41. The van der Waals surface area contributed by atoms with E-state index in [0.29, 0.717) is 6.42 Å². The van der Waals surface area contributed by atoms with Crippen LogP contribution in [-0.4, -0.2) is 24.0 Å². The first-order valence-corrected chi connectivity index (χ1v) is 5.04. The molecule has 1 fully saturated rings. The van der Waals surface area contributed by atoms with Gasteiger partial charge in [0.1, 0.15) is 0 Å². The average molecular weight is 188 g/mol. The molecule has 0 saturated carbocycles. The van der Waals surface area contributed by atoms with Gasteiger partial charge in [0.05, 0.1) is 0 Å². The quantitative estimate of drug-likeness (QED) is 0.611. The van der Waals surface area contributed by atoms with E-state index in [-0.39, 0.29) is 11.5 Å². The number of hydrogen-bond donors (Lipinski definition) is 0. The van der Waals surface area contributed by atoms with Gasteiger partial charge in [0.2, 0.25) is 0 Å². The van der Waals surface area contributed by atoms with Crippen molar-refractivity contribution in [3.05, 3.63) is 0 Å². The van der Waals surface area contributed by atoms with E-state index >= 15 is 0 Å². The highest BCUT2D eigenvalue weighted by atomic mass is 15.1. The van der Waals surface area contributed by atoms with Crippen LogP contribution in [0.4, 0.5) is 0 Å². The van der Waals surface area contributed by atoms with Crippen molar-refractivity contribution in [2.24, 2.45) is 11.3 Å². The Morgan fingerprint density at radius 2 is 2.00 bits per heavy atom. The van der Waals surface area contributed by atoms with E-state index in [1.807, 2.05) is 34.6 Å². The molecule has 0 bridgehead atoms. The maximum atomic E-state index is 8.22. The first kappa shape index (κ1) is 5.75. The maximum Gasteiger partial charge on any atom is 0.0431 e. The molecule has 0 radical (unpaired) electrons. The third kappa shape index (κ3) is 2.98. The Balaban J connectivity index is 3.23. The Morgan fingerprint density at radius 3 is 2.46 bits per heavy atom. The third-order valence-corrected chi connectivity index (χ3v) is 2.51. The lowest BCUT2D eigenvalue weighted by atomic mass is 9.75. The lowest BCUT2D eigenvalue weighted by Gasteiger charge is -2.40. The van der Waals surface area contributed by atoms with E-state index in [1.54, 1.807) is 0 Å². The summed E-state index contributed by atoms with van der Waals surface area (Å²) in [6.07, 6.45) is -1.58. The molecule has 0 aromatic rings. The molecule has 1 heteroatoms. The highest BCUT2D eigenvalue weighted by molar-refractivity contribution is 4.81. The number of piperidine rings is 1. The van der Waals surface area contributed by atoms with Crippen molar-refractivity contribution in [1.29, 1.82) is 0 Å². The zero-order chi connectivity index (χ0) is 14.5. The van der Waals surface area contributed by atoms with Gasteiger partial charge in [-0.3, -0.25) is 0 Å². The molecule has 1 heterocycles. The number of likely N-dealkylation sites (tertiary alicyclic amines) is 1. The van der Waals surface area contributed by atoms with Crippen molar-refractivity contribution in [3.63, 3.8) is 0 Å². The molecule has 2 unspecified atom stereocenters. The second kappa shape index (κ2) is 4.00. The predicted molar refractivity (Wildman–Crippen MR) is 58.9 cm³/mol. The fourth-order valence-corrected chi connectivity index (χ4v) is 1.39. The van der Waals surface area contributed by atoms with Crippen LogP contribution in [-0.2, 0) is 0 Å². The van der Waals surface area contributed by atoms with E-state index in [1.165, 1.54) is 4.90 Å². The number of nitrogens with zero attached hydrogens (tertiary/aromatic N) is 1. The van der Waals surface area contributed by atoms with Crippen LogP contribution in [0.25, 0.3) is 0 Å². The molecule has 0 aliphatic carbocycles. The molecule has 0 aromatic heterocycles. The second-order valence-corrected chi connectivity index (χ2v) is 5.09. The van der Waals surface area contributed by atoms with E-state index < -0.39 is 25.3 Å². The van der Waals surface area contributed by atoms with Gasteiger partial charge in [0.25, 0.3) is 0 Å². The fourth-order valence-electron chi connectivity index (χ4n) is 1.39. The molecule has 1 aliphatic rings. The summed E-state index contributed by atoms with van der Waals surface area (Å²) in [5.41, 5.74) is -0.348. The lowest BCUT2D eigenvalue weighted by molar-refractivity contribution is 0.0930. The Bertz CT molecular complexity index is 302. The molecule has 1 nitrogen and oxygen atoms in total. The van der Waals surface area contributed by atoms with Crippen LogP contribution in [0.3, 0.4) is 0 Å². The smallest absolute Gasteiger partial charge is 0.0431 e. The van der Waals surface area contributed by atoms with Gasteiger partial charge < -0.3 is 4.90 Å². The van der Waals surface area contributed by atoms with Gasteiger partial charge in [-0.05, 0) is 51.0 Å². The Hall–Kier alpha value is -0.0400. The van der Waals surface area contributed by atoms with Crippen molar-refractivity contribution in [3.8, 4) is 0 Å². The van der Waals surface area contributed by atoms with E-state index in [9.17, 15) is 0 Å². The molecular formula is C12H25N. The summed E-state index contributed by atoms with van der Waals surface area (Å²) >= 11 is 0. The molecule has 0 spiro atoms. The SMILES string of the molecule is [2H]C1CC(C(C)(C)C)C([2H])([2H])C([2H])([2H])N1C(C)C. The molecule has 0 amide bonds. The minimum Gasteiger partial charge on any atom is -0.301 e. The molecule has 13 heavy (non-hydrogen) atoms. The van der Waals surface area contributed by atoms with Crippen LogP contribution in [0.1, 0.15) is 54.3 Å². The molecule has 78 valence electrons. The van der Waals surface area contributed by atoms with Crippen molar-refractivity contribution in [2.45, 2.75) is 53.5 Å². The van der Waals surface area contributed by atoms with Gasteiger partial charge >= 0.3 is 0 Å². The normalized spacial score (nSPS) is 45.8. The van der Waals surface area contributed by atoms with E-state index in [0.717, 1.165) is 0 Å². The number of rotatable bonds is 1. The minimum absolute atomic E-state index is 0.182. The van der Waals surface area contributed by atoms with Gasteiger partial charge in [-0.15, -0.1) is 0 Å². The Kier molecular flexibility index (Phi) is 1.77. The summed E-state index contributed by atoms with van der Waals surface area (Å²) in [6.45, 7) is 6.59. The van der Waals surface area contributed by atoms with Crippen LogP contribution in [0.2, 0.25) is 0 Å². The molecule has 1 aliphatic heterocycles. The van der Waals surface area contributed by atoms with Crippen molar-refractivity contribution < 1.29 is 6.85 Å². The first-order chi connectivity index (χ1) is 7.83.